The Morgan fingerprint density at radius 1 is 1.11 bits per heavy atom. The van der Waals surface area contributed by atoms with Crippen molar-refractivity contribution in [3.05, 3.63) is 47.2 Å². The molecule has 9 nitrogen and oxygen atoms in total. The summed E-state index contributed by atoms with van der Waals surface area (Å²) in [6.45, 7) is 6.19. The zero-order valence-electron chi connectivity index (χ0n) is 21.4. The minimum Gasteiger partial charge on any atom is -0.460 e. The van der Waals surface area contributed by atoms with Gasteiger partial charge in [-0.25, -0.2) is 9.18 Å². The number of pyridine rings is 1. The first kappa shape index (κ1) is 25.9. The third-order valence-corrected chi connectivity index (χ3v) is 7.35. The zero-order valence-corrected chi connectivity index (χ0v) is 22.2. The normalized spacial score (nSPS) is 17.4. The molecule has 1 aromatic carbocycles. The number of amides is 3. The van der Waals surface area contributed by atoms with Gasteiger partial charge in [0.15, 0.2) is 11.6 Å². The van der Waals surface area contributed by atoms with E-state index in [0.717, 1.165) is 12.8 Å². The molecule has 2 aromatic heterocycles. The van der Waals surface area contributed by atoms with Crippen LogP contribution in [0.4, 0.5) is 14.9 Å². The van der Waals surface area contributed by atoms with Gasteiger partial charge in [-0.2, -0.15) is 0 Å². The van der Waals surface area contributed by atoms with E-state index in [-0.39, 0.29) is 35.8 Å². The molecule has 1 saturated heterocycles. The Morgan fingerprint density at radius 3 is 2.61 bits per heavy atom. The number of rotatable bonds is 6. The molecule has 2 fully saturated rings. The Bertz CT molecular complexity index is 1400. The maximum absolute atomic E-state index is 14.8. The lowest BCUT2D eigenvalue weighted by molar-refractivity contribution is -0.157. The lowest BCUT2D eigenvalue weighted by Crippen LogP contribution is -2.32. The number of halogens is 1. The number of nitrogens with zero attached hydrogens (tertiary/aromatic N) is 2. The fraction of sp³-hybridized carbons (Fsp3) is 0.407. The summed E-state index contributed by atoms with van der Waals surface area (Å²) in [5, 5.41) is 5.40. The summed E-state index contributed by atoms with van der Waals surface area (Å²) >= 11 is 1.21. The van der Waals surface area contributed by atoms with Crippen LogP contribution in [0.3, 0.4) is 0 Å². The number of thiophene rings is 1. The average molecular weight is 541 g/mol. The van der Waals surface area contributed by atoms with Gasteiger partial charge in [0.05, 0.1) is 27.1 Å². The molecule has 38 heavy (non-hydrogen) atoms. The lowest BCUT2D eigenvalue weighted by atomic mass is 9.97. The van der Waals surface area contributed by atoms with Crippen molar-refractivity contribution in [2.45, 2.75) is 52.2 Å². The van der Waals surface area contributed by atoms with Crippen molar-refractivity contribution in [1.29, 1.82) is 0 Å². The van der Waals surface area contributed by atoms with E-state index in [1.807, 2.05) is 0 Å². The molecule has 200 valence electrons. The highest BCUT2D eigenvalue weighted by Gasteiger charge is 2.33. The average Bonchev–Trinajstić information content (AvgIpc) is 3.36. The zero-order chi connectivity index (χ0) is 27.0. The Balaban J connectivity index is 1.27. The van der Waals surface area contributed by atoms with E-state index in [9.17, 15) is 18.8 Å². The predicted molar refractivity (Wildman–Crippen MR) is 141 cm³/mol. The first-order valence-corrected chi connectivity index (χ1v) is 13.3. The van der Waals surface area contributed by atoms with Crippen LogP contribution < -0.4 is 15.4 Å². The van der Waals surface area contributed by atoms with Crippen molar-refractivity contribution in [2.24, 2.45) is 5.41 Å². The number of fused-ring (bicyclic) bond motifs is 1. The van der Waals surface area contributed by atoms with Crippen LogP contribution in [-0.2, 0) is 9.53 Å². The molecule has 0 spiro atoms. The van der Waals surface area contributed by atoms with E-state index in [1.165, 1.54) is 29.7 Å². The van der Waals surface area contributed by atoms with Crippen LogP contribution in [0.25, 0.3) is 10.2 Å². The number of esters is 1. The van der Waals surface area contributed by atoms with E-state index in [2.05, 4.69) is 15.6 Å². The van der Waals surface area contributed by atoms with Gasteiger partial charge >= 0.3 is 12.0 Å². The van der Waals surface area contributed by atoms with Gasteiger partial charge in [-0.3, -0.25) is 14.6 Å². The summed E-state index contributed by atoms with van der Waals surface area (Å²) < 4.78 is 26.8. The number of anilines is 1. The maximum Gasteiger partial charge on any atom is 0.319 e. The van der Waals surface area contributed by atoms with Crippen LogP contribution in [-0.4, -0.2) is 53.0 Å². The number of aromatic nitrogens is 1. The number of carbonyl (C=O) groups excluding carboxylic acids is 3. The van der Waals surface area contributed by atoms with Crippen molar-refractivity contribution in [1.82, 2.24) is 15.2 Å². The first-order valence-electron chi connectivity index (χ1n) is 12.5. The van der Waals surface area contributed by atoms with Gasteiger partial charge in [-0.15, -0.1) is 11.3 Å². The molecule has 1 atom stereocenters. The Kier molecular flexibility index (Phi) is 6.95. The molecule has 0 bridgehead atoms. The number of hydrogen-bond donors (Lipinski definition) is 2. The molecule has 3 heterocycles. The molecule has 3 aromatic rings. The second kappa shape index (κ2) is 10.2. The molecule has 2 N–H and O–H groups in total. The number of nitrogens with one attached hydrogen (secondary N) is 2. The van der Waals surface area contributed by atoms with Gasteiger partial charge in [0, 0.05) is 43.0 Å². The van der Waals surface area contributed by atoms with E-state index < -0.39 is 11.2 Å². The van der Waals surface area contributed by atoms with Crippen molar-refractivity contribution >= 4 is 45.1 Å². The molecule has 11 heteroatoms. The fourth-order valence-corrected chi connectivity index (χ4v) is 4.99. The van der Waals surface area contributed by atoms with Crippen LogP contribution in [0.1, 0.15) is 49.7 Å². The van der Waals surface area contributed by atoms with Gasteiger partial charge in [-0.05, 0) is 51.8 Å². The predicted octanol–water partition coefficient (Wildman–Crippen LogP) is 5.32. The van der Waals surface area contributed by atoms with Crippen molar-refractivity contribution in [2.75, 3.05) is 18.4 Å². The number of hydrogen-bond acceptors (Lipinski definition) is 7. The molecule has 0 unspecified atom stereocenters. The molecular formula is C27H29FN4O5S. The molecule has 1 aliphatic carbocycles. The SMILES string of the molecule is CC(C)(C)C(=O)O[C@@H]1CCN(C(=O)c2cc3nccc(Oc4ccc(NC(=O)NC5CC5)cc4F)c3s2)C1. The van der Waals surface area contributed by atoms with E-state index in [4.69, 9.17) is 9.47 Å². The van der Waals surface area contributed by atoms with E-state index in [0.29, 0.717) is 46.0 Å². The lowest BCUT2D eigenvalue weighted by Gasteiger charge is -2.21. The molecular weight excluding hydrogens is 511 g/mol. The summed E-state index contributed by atoms with van der Waals surface area (Å²) in [4.78, 5) is 43.8. The van der Waals surface area contributed by atoms with Gasteiger partial charge in [0.1, 0.15) is 11.9 Å². The van der Waals surface area contributed by atoms with Gasteiger partial charge in [-0.1, -0.05) is 0 Å². The van der Waals surface area contributed by atoms with Gasteiger partial charge in [0.2, 0.25) is 0 Å². The topological polar surface area (TPSA) is 110 Å². The van der Waals surface area contributed by atoms with E-state index in [1.54, 1.807) is 43.9 Å². The van der Waals surface area contributed by atoms with Crippen LogP contribution in [0, 0.1) is 11.2 Å². The second-order valence-corrected chi connectivity index (χ2v) is 11.6. The molecule has 5 rings (SSSR count). The minimum absolute atomic E-state index is 0.0185. The molecule has 1 aliphatic heterocycles. The summed E-state index contributed by atoms with van der Waals surface area (Å²) in [7, 11) is 0. The first-order chi connectivity index (χ1) is 18.1. The van der Waals surface area contributed by atoms with Crippen molar-refractivity contribution < 1.29 is 28.2 Å². The Hall–Kier alpha value is -3.73. The third kappa shape index (κ3) is 5.88. The molecule has 2 aliphatic rings. The maximum atomic E-state index is 14.8. The number of benzene rings is 1. The highest BCUT2D eigenvalue weighted by Crippen LogP contribution is 2.37. The Labute approximate surface area is 223 Å². The summed E-state index contributed by atoms with van der Waals surface area (Å²) in [5.74, 6) is -0.764. The van der Waals surface area contributed by atoms with Gasteiger partial charge in [0.25, 0.3) is 5.91 Å². The second-order valence-electron chi connectivity index (χ2n) is 10.6. The number of carbonyl (C=O) groups is 3. The quantitative estimate of drug-likeness (QED) is 0.410. The van der Waals surface area contributed by atoms with Crippen molar-refractivity contribution in [3.8, 4) is 11.5 Å². The summed E-state index contributed by atoms with van der Waals surface area (Å²) in [6, 6.07) is 7.31. The Morgan fingerprint density at radius 2 is 1.89 bits per heavy atom. The number of likely N-dealkylation sites (tertiary alicyclic amines) is 1. The third-order valence-electron chi connectivity index (χ3n) is 6.23. The number of ether oxygens (including phenoxy) is 2. The van der Waals surface area contributed by atoms with Crippen molar-refractivity contribution in [3.63, 3.8) is 0 Å². The fourth-order valence-electron chi connectivity index (χ4n) is 3.95. The molecule has 3 amide bonds. The van der Waals surface area contributed by atoms with Crippen LogP contribution in [0.15, 0.2) is 36.5 Å². The van der Waals surface area contributed by atoms with Crippen LogP contribution >= 0.6 is 11.3 Å². The highest BCUT2D eigenvalue weighted by atomic mass is 32.1. The van der Waals surface area contributed by atoms with E-state index >= 15 is 0 Å². The smallest absolute Gasteiger partial charge is 0.319 e. The van der Waals surface area contributed by atoms with Crippen LogP contribution in [0.5, 0.6) is 11.5 Å². The standard InChI is InChI=1S/C27H29FN4O5S/c1-27(2,3)25(34)36-17-9-11-32(14-17)24(33)22-13-19-23(38-22)21(8-10-29-19)37-20-7-6-16(12-18(20)28)31-26(35)30-15-4-5-15/h6-8,10,12-13,15,17H,4-5,9,11,14H2,1-3H3,(H2,30,31,35)/t17-/m1/s1. The molecule has 1 saturated carbocycles. The monoisotopic (exact) mass is 540 g/mol. The van der Waals surface area contributed by atoms with Crippen LogP contribution in [0.2, 0.25) is 0 Å². The summed E-state index contributed by atoms with van der Waals surface area (Å²) in [6.07, 6.45) is 3.69. The van der Waals surface area contributed by atoms with Gasteiger partial charge < -0.3 is 25.0 Å². The largest absolute Gasteiger partial charge is 0.460 e. The summed E-state index contributed by atoms with van der Waals surface area (Å²) in [5.41, 5.74) is 0.265. The highest BCUT2D eigenvalue weighted by molar-refractivity contribution is 7.21. The minimum atomic E-state index is -0.639. The molecule has 0 radical (unpaired) electrons. The number of urea groups is 1.